The maximum absolute atomic E-state index is 12.6. The molecule has 0 aromatic rings. The van der Waals surface area contributed by atoms with Gasteiger partial charge in [0.25, 0.3) is 0 Å². The van der Waals surface area contributed by atoms with Crippen molar-refractivity contribution >= 4 is 17.9 Å². The minimum absolute atomic E-state index is 0.0631. The highest BCUT2D eigenvalue weighted by atomic mass is 16.6. The van der Waals surface area contributed by atoms with Crippen molar-refractivity contribution in [3.05, 3.63) is 0 Å². The van der Waals surface area contributed by atoms with Crippen molar-refractivity contribution in [3.63, 3.8) is 0 Å². The van der Waals surface area contributed by atoms with Crippen molar-refractivity contribution in [1.82, 2.24) is 0 Å². The number of unbranched alkanes of at least 4 members (excludes halogenated alkanes) is 33. The van der Waals surface area contributed by atoms with Gasteiger partial charge in [-0.1, -0.05) is 233 Å². The molecule has 0 spiro atoms. The molecule has 0 heterocycles. The molecule has 0 bridgehead atoms. The summed E-state index contributed by atoms with van der Waals surface area (Å²) in [5.74, 6) is -0.855. The van der Waals surface area contributed by atoms with E-state index >= 15 is 0 Å². The Bertz CT molecular complexity index is 798. The van der Waals surface area contributed by atoms with Crippen LogP contribution in [0.2, 0.25) is 0 Å². The molecule has 0 aromatic carbocycles. The predicted molar refractivity (Wildman–Crippen MR) is 229 cm³/mol. The number of hydrogen-bond acceptors (Lipinski definition) is 6. The summed E-state index contributed by atoms with van der Waals surface area (Å²) < 4.78 is 16.7. The SMILES string of the molecule is CCCCCCCCCCCCCCCCCCCC(=O)OC[C@@H](COC(=O)CCCCCCCCCCCCCC)OC(=O)CCCCCCCCC. The molecule has 54 heavy (non-hydrogen) atoms. The highest BCUT2D eigenvalue weighted by Gasteiger charge is 2.19. The molecule has 6 heteroatoms. The third kappa shape index (κ3) is 41.6. The molecule has 0 amide bonds. The fourth-order valence-corrected chi connectivity index (χ4v) is 7.21. The lowest BCUT2D eigenvalue weighted by molar-refractivity contribution is -0.167. The lowest BCUT2D eigenvalue weighted by atomic mass is 10.0. The summed E-state index contributed by atoms with van der Waals surface area (Å²) >= 11 is 0. The molecular weight excluding hydrogens is 673 g/mol. The van der Waals surface area contributed by atoms with E-state index in [0.29, 0.717) is 19.3 Å². The van der Waals surface area contributed by atoms with Crippen molar-refractivity contribution in [2.24, 2.45) is 0 Å². The number of rotatable bonds is 44. The van der Waals surface area contributed by atoms with Crippen LogP contribution < -0.4 is 0 Å². The average Bonchev–Trinajstić information content (AvgIpc) is 3.17. The largest absolute Gasteiger partial charge is 0.462 e. The van der Waals surface area contributed by atoms with Crippen molar-refractivity contribution in [1.29, 1.82) is 0 Å². The molecule has 6 nitrogen and oxygen atoms in total. The monoisotopic (exact) mass is 765 g/mol. The van der Waals surface area contributed by atoms with E-state index in [4.69, 9.17) is 14.2 Å². The van der Waals surface area contributed by atoms with E-state index in [1.54, 1.807) is 0 Å². The summed E-state index contributed by atoms with van der Waals surface area (Å²) in [6.07, 6.45) is 45.3. The van der Waals surface area contributed by atoms with Crippen LogP contribution in [-0.2, 0) is 28.6 Å². The van der Waals surface area contributed by atoms with Crippen LogP contribution in [0, 0.1) is 0 Å². The zero-order valence-electron chi connectivity index (χ0n) is 36.5. The smallest absolute Gasteiger partial charge is 0.306 e. The van der Waals surface area contributed by atoms with E-state index in [-0.39, 0.29) is 31.1 Å². The molecule has 0 radical (unpaired) electrons. The molecule has 0 rings (SSSR count). The summed E-state index contributed by atoms with van der Waals surface area (Å²) in [5, 5.41) is 0. The second-order valence-corrected chi connectivity index (χ2v) is 16.4. The van der Waals surface area contributed by atoms with Crippen LogP contribution in [0.15, 0.2) is 0 Å². The van der Waals surface area contributed by atoms with Crippen LogP contribution in [0.25, 0.3) is 0 Å². The Morgan fingerprint density at radius 2 is 0.500 bits per heavy atom. The van der Waals surface area contributed by atoms with E-state index in [1.807, 2.05) is 0 Å². The molecule has 0 aliphatic heterocycles. The number of carbonyl (C=O) groups excluding carboxylic acids is 3. The molecule has 0 aromatic heterocycles. The summed E-state index contributed by atoms with van der Waals surface area (Å²) in [7, 11) is 0. The van der Waals surface area contributed by atoms with Gasteiger partial charge in [0, 0.05) is 19.3 Å². The topological polar surface area (TPSA) is 78.9 Å². The Labute approximate surface area is 336 Å². The van der Waals surface area contributed by atoms with Crippen LogP contribution >= 0.6 is 0 Å². The maximum Gasteiger partial charge on any atom is 0.306 e. The van der Waals surface area contributed by atoms with E-state index in [2.05, 4.69) is 20.8 Å². The van der Waals surface area contributed by atoms with Gasteiger partial charge >= 0.3 is 17.9 Å². The Balaban J connectivity index is 4.17. The third-order valence-electron chi connectivity index (χ3n) is 10.9. The first kappa shape index (κ1) is 52.4. The van der Waals surface area contributed by atoms with E-state index in [0.717, 1.165) is 57.8 Å². The second-order valence-electron chi connectivity index (χ2n) is 16.4. The molecule has 0 fully saturated rings. The van der Waals surface area contributed by atoms with Crippen molar-refractivity contribution in [3.8, 4) is 0 Å². The molecule has 320 valence electrons. The first-order chi connectivity index (χ1) is 26.5. The Hall–Kier alpha value is -1.59. The summed E-state index contributed by atoms with van der Waals surface area (Å²) in [6.45, 7) is 6.62. The number of carbonyl (C=O) groups is 3. The molecule has 0 N–H and O–H groups in total. The van der Waals surface area contributed by atoms with Gasteiger partial charge in [-0.25, -0.2) is 0 Å². The van der Waals surface area contributed by atoms with Crippen molar-refractivity contribution in [2.45, 2.75) is 277 Å². The lowest BCUT2D eigenvalue weighted by Gasteiger charge is -2.18. The Morgan fingerprint density at radius 1 is 0.296 bits per heavy atom. The molecule has 0 saturated carbocycles. The zero-order chi connectivity index (χ0) is 39.4. The summed E-state index contributed by atoms with van der Waals surface area (Å²) in [4.78, 5) is 37.6. The highest BCUT2D eigenvalue weighted by molar-refractivity contribution is 5.71. The average molecular weight is 765 g/mol. The van der Waals surface area contributed by atoms with E-state index in [9.17, 15) is 14.4 Å². The second kappa shape index (κ2) is 44.1. The van der Waals surface area contributed by atoms with Gasteiger partial charge in [-0.2, -0.15) is 0 Å². The van der Waals surface area contributed by atoms with Gasteiger partial charge in [0.2, 0.25) is 0 Å². The van der Waals surface area contributed by atoms with Crippen LogP contribution in [0.4, 0.5) is 0 Å². The molecule has 0 unspecified atom stereocenters. The molecular formula is C48H92O6. The van der Waals surface area contributed by atoms with Gasteiger partial charge < -0.3 is 14.2 Å². The van der Waals surface area contributed by atoms with Crippen molar-refractivity contribution in [2.75, 3.05) is 13.2 Å². The van der Waals surface area contributed by atoms with Crippen molar-refractivity contribution < 1.29 is 28.6 Å². The minimum atomic E-state index is -0.757. The third-order valence-corrected chi connectivity index (χ3v) is 10.9. The van der Waals surface area contributed by atoms with Gasteiger partial charge in [0.05, 0.1) is 0 Å². The van der Waals surface area contributed by atoms with Crippen LogP contribution in [0.3, 0.4) is 0 Å². The molecule has 0 saturated heterocycles. The van der Waals surface area contributed by atoms with Crippen LogP contribution in [-0.4, -0.2) is 37.2 Å². The first-order valence-electron chi connectivity index (χ1n) is 24.0. The summed E-state index contributed by atoms with van der Waals surface area (Å²) in [5.41, 5.74) is 0. The fraction of sp³-hybridized carbons (Fsp3) is 0.938. The zero-order valence-corrected chi connectivity index (χ0v) is 36.5. The Morgan fingerprint density at radius 3 is 0.741 bits per heavy atom. The van der Waals surface area contributed by atoms with Gasteiger partial charge in [0.15, 0.2) is 6.10 Å². The first-order valence-corrected chi connectivity index (χ1v) is 24.0. The number of ether oxygens (including phenoxy) is 3. The standard InChI is InChI=1S/C48H92O6/c1-4-7-10-13-16-18-20-22-23-24-25-26-28-30-33-35-38-41-47(50)53-44-45(54-48(51)42-39-36-31-15-12-9-6-3)43-52-46(49)40-37-34-32-29-27-21-19-17-14-11-8-5-2/h45H,4-44H2,1-3H3/t45-/m1/s1. The van der Waals surface area contributed by atoms with Crippen LogP contribution in [0.1, 0.15) is 271 Å². The lowest BCUT2D eigenvalue weighted by Crippen LogP contribution is -2.30. The predicted octanol–water partition coefficient (Wildman–Crippen LogP) is 15.3. The normalized spacial score (nSPS) is 11.8. The molecule has 1 atom stereocenters. The van der Waals surface area contributed by atoms with E-state index < -0.39 is 6.10 Å². The minimum Gasteiger partial charge on any atom is -0.462 e. The van der Waals surface area contributed by atoms with Gasteiger partial charge in [-0.05, 0) is 19.3 Å². The Kier molecular flexibility index (Phi) is 42.8. The number of esters is 3. The molecule has 0 aliphatic rings. The van der Waals surface area contributed by atoms with E-state index in [1.165, 1.54) is 173 Å². The van der Waals surface area contributed by atoms with Gasteiger partial charge in [-0.15, -0.1) is 0 Å². The summed E-state index contributed by atoms with van der Waals surface area (Å²) in [6, 6.07) is 0. The van der Waals surface area contributed by atoms with Gasteiger partial charge in [-0.3, -0.25) is 14.4 Å². The van der Waals surface area contributed by atoms with Gasteiger partial charge in [0.1, 0.15) is 13.2 Å². The highest BCUT2D eigenvalue weighted by Crippen LogP contribution is 2.16. The molecule has 0 aliphatic carbocycles. The maximum atomic E-state index is 12.6. The van der Waals surface area contributed by atoms with Crippen LogP contribution in [0.5, 0.6) is 0 Å². The fourth-order valence-electron chi connectivity index (χ4n) is 7.21. The quantitative estimate of drug-likeness (QED) is 0.0349. The number of hydrogen-bond donors (Lipinski definition) is 0.